The number of rotatable bonds is 2. The zero-order valence-electron chi connectivity index (χ0n) is 12.1. The summed E-state index contributed by atoms with van der Waals surface area (Å²) in [7, 11) is 1.50. The molecule has 102 valence electrons. The third-order valence-electron chi connectivity index (χ3n) is 3.71. The van der Waals surface area contributed by atoms with Gasteiger partial charge in [0.05, 0.1) is 11.1 Å². The first-order chi connectivity index (χ1) is 8.77. The standard InChI is InChI=1S/C15H20N2O2/c1-7(2)9-6-10(8(3)4)13(16)12-11(9)14(18)17(5)15(12)19/h6-8H,16H2,1-5H3. The quantitative estimate of drug-likeness (QED) is 0.657. The lowest BCUT2D eigenvalue weighted by Crippen LogP contribution is -2.24. The number of hydrogen-bond donors (Lipinski definition) is 1. The van der Waals surface area contributed by atoms with E-state index in [2.05, 4.69) is 0 Å². The van der Waals surface area contributed by atoms with Gasteiger partial charge in [-0.3, -0.25) is 14.5 Å². The van der Waals surface area contributed by atoms with Crippen molar-refractivity contribution in [1.82, 2.24) is 4.90 Å². The van der Waals surface area contributed by atoms with Gasteiger partial charge < -0.3 is 5.73 Å². The summed E-state index contributed by atoms with van der Waals surface area (Å²) in [5.74, 6) is -0.140. The van der Waals surface area contributed by atoms with E-state index in [1.807, 2.05) is 33.8 Å². The largest absolute Gasteiger partial charge is 0.398 e. The fraction of sp³-hybridized carbons (Fsp3) is 0.467. The Bertz CT molecular complexity index is 574. The third kappa shape index (κ3) is 1.82. The Morgan fingerprint density at radius 3 is 1.89 bits per heavy atom. The lowest BCUT2D eigenvalue weighted by atomic mass is 9.87. The number of carbonyl (C=O) groups excluding carboxylic acids is 2. The van der Waals surface area contributed by atoms with Gasteiger partial charge in [-0.05, 0) is 23.0 Å². The zero-order chi connectivity index (χ0) is 14.5. The highest BCUT2D eigenvalue weighted by Gasteiger charge is 2.38. The summed E-state index contributed by atoms with van der Waals surface area (Å²) in [6.45, 7) is 8.11. The van der Waals surface area contributed by atoms with Gasteiger partial charge in [0, 0.05) is 12.7 Å². The van der Waals surface area contributed by atoms with Crippen LogP contribution in [0.4, 0.5) is 5.69 Å². The minimum absolute atomic E-state index is 0.176. The molecular weight excluding hydrogens is 240 g/mol. The summed E-state index contributed by atoms with van der Waals surface area (Å²) >= 11 is 0. The summed E-state index contributed by atoms with van der Waals surface area (Å²) in [6, 6.07) is 1.98. The van der Waals surface area contributed by atoms with E-state index in [1.165, 1.54) is 7.05 Å². The summed E-state index contributed by atoms with van der Waals surface area (Å²) in [5.41, 5.74) is 9.31. The van der Waals surface area contributed by atoms with Gasteiger partial charge >= 0.3 is 0 Å². The van der Waals surface area contributed by atoms with Crippen LogP contribution in [0.5, 0.6) is 0 Å². The van der Waals surface area contributed by atoms with E-state index in [0.717, 1.165) is 16.0 Å². The number of nitrogens with two attached hydrogens (primary N) is 1. The van der Waals surface area contributed by atoms with Crippen molar-refractivity contribution in [3.8, 4) is 0 Å². The average molecular weight is 260 g/mol. The maximum atomic E-state index is 12.2. The number of anilines is 1. The van der Waals surface area contributed by atoms with Crippen molar-refractivity contribution in [2.45, 2.75) is 39.5 Å². The van der Waals surface area contributed by atoms with Crippen molar-refractivity contribution in [3.63, 3.8) is 0 Å². The third-order valence-corrected chi connectivity index (χ3v) is 3.71. The van der Waals surface area contributed by atoms with Crippen LogP contribution in [-0.4, -0.2) is 23.8 Å². The monoisotopic (exact) mass is 260 g/mol. The van der Waals surface area contributed by atoms with Crippen LogP contribution in [0.25, 0.3) is 0 Å². The van der Waals surface area contributed by atoms with Crippen LogP contribution in [0.3, 0.4) is 0 Å². The molecule has 2 amide bonds. The Morgan fingerprint density at radius 2 is 1.42 bits per heavy atom. The second-order valence-corrected chi connectivity index (χ2v) is 5.70. The van der Waals surface area contributed by atoms with Crippen molar-refractivity contribution in [2.24, 2.45) is 0 Å². The molecule has 0 bridgehead atoms. The van der Waals surface area contributed by atoms with E-state index >= 15 is 0 Å². The first-order valence-corrected chi connectivity index (χ1v) is 6.56. The molecule has 0 atom stereocenters. The predicted molar refractivity (Wildman–Crippen MR) is 75.5 cm³/mol. The van der Waals surface area contributed by atoms with Crippen molar-refractivity contribution in [2.75, 3.05) is 12.8 Å². The number of hydrogen-bond acceptors (Lipinski definition) is 3. The second kappa shape index (κ2) is 4.37. The summed E-state index contributed by atoms with van der Waals surface area (Å²) in [5, 5.41) is 0. The fourth-order valence-corrected chi connectivity index (χ4v) is 2.55. The Kier molecular flexibility index (Phi) is 3.12. The Hall–Kier alpha value is -1.84. The molecule has 0 saturated carbocycles. The van der Waals surface area contributed by atoms with Gasteiger partial charge in [0.2, 0.25) is 0 Å². The lowest BCUT2D eigenvalue weighted by molar-refractivity contribution is 0.0693. The molecular formula is C15H20N2O2. The van der Waals surface area contributed by atoms with Gasteiger partial charge in [-0.15, -0.1) is 0 Å². The minimum atomic E-state index is -0.290. The zero-order valence-corrected chi connectivity index (χ0v) is 12.1. The van der Waals surface area contributed by atoms with Gasteiger partial charge in [0.1, 0.15) is 0 Å². The van der Waals surface area contributed by atoms with Gasteiger partial charge in [-0.2, -0.15) is 0 Å². The second-order valence-electron chi connectivity index (χ2n) is 5.70. The molecule has 19 heavy (non-hydrogen) atoms. The molecule has 1 heterocycles. The van der Waals surface area contributed by atoms with Crippen LogP contribution >= 0.6 is 0 Å². The first kappa shape index (κ1) is 13.6. The van der Waals surface area contributed by atoms with Crippen LogP contribution < -0.4 is 5.73 Å². The molecule has 0 radical (unpaired) electrons. The molecule has 2 N–H and O–H groups in total. The Morgan fingerprint density at radius 1 is 0.947 bits per heavy atom. The Labute approximate surface area is 113 Å². The highest BCUT2D eigenvalue weighted by Crippen LogP contribution is 2.38. The van der Waals surface area contributed by atoms with E-state index in [-0.39, 0.29) is 23.7 Å². The molecule has 1 aromatic rings. The maximum absolute atomic E-state index is 12.2. The molecule has 1 aliphatic heterocycles. The van der Waals surface area contributed by atoms with Gasteiger partial charge in [0.25, 0.3) is 11.8 Å². The highest BCUT2D eigenvalue weighted by atomic mass is 16.2. The van der Waals surface area contributed by atoms with E-state index in [1.54, 1.807) is 0 Å². The summed E-state index contributed by atoms with van der Waals surface area (Å²) < 4.78 is 0. The van der Waals surface area contributed by atoms with Gasteiger partial charge in [-0.25, -0.2) is 0 Å². The number of nitrogens with zero attached hydrogens (tertiary/aromatic N) is 1. The number of benzene rings is 1. The van der Waals surface area contributed by atoms with E-state index in [9.17, 15) is 9.59 Å². The summed E-state index contributed by atoms with van der Waals surface area (Å²) in [6.07, 6.45) is 0. The highest BCUT2D eigenvalue weighted by molar-refractivity contribution is 6.24. The number of imide groups is 1. The number of fused-ring (bicyclic) bond motifs is 1. The molecule has 1 aromatic carbocycles. The number of amides is 2. The van der Waals surface area contributed by atoms with Crippen molar-refractivity contribution in [3.05, 3.63) is 28.3 Å². The number of carbonyl (C=O) groups is 2. The molecule has 1 aliphatic rings. The van der Waals surface area contributed by atoms with E-state index in [4.69, 9.17) is 5.73 Å². The topological polar surface area (TPSA) is 63.4 Å². The molecule has 0 aliphatic carbocycles. The normalized spacial score (nSPS) is 14.8. The van der Waals surface area contributed by atoms with Crippen molar-refractivity contribution in [1.29, 1.82) is 0 Å². The van der Waals surface area contributed by atoms with Crippen LogP contribution in [0, 0.1) is 0 Å². The van der Waals surface area contributed by atoms with E-state index < -0.39 is 0 Å². The van der Waals surface area contributed by atoms with Crippen molar-refractivity contribution >= 4 is 17.5 Å². The average Bonchev–Trinajstić information content (AvgIpc) is 2.55. The van der Waals surface area contributed by atoms with Crippen LogP contribution in [0.1, 0.15) is 71.4 Å². The molecule has 4 heteroatoms. The maximum Gasteiger partial charge on any atom is 0.263 e. The first-order valence-electron chi connectivity index (χ1n) is 6.56. The molecule has 0 aromatic heterocycles. The van der Waals surface area contributed by atoms with Gasteiger partial charge in [-0.1, -0.05) is 33.8 Å². The molecule has 0 fully saturated rings. The van der Waals surface area contributed by atoms with Crippen LogP contribution in [0.2, 0.25) is 0 Å². The Balaban J connectivity index is 2.84. The van der Waals surface area contributed by atoms with Crippen LogP contribution in [-0.2, 0) is 0 Å². The minimum Gasteiger partial charge on any atom is -0.398 e. The SMILES string of the molecule is CC(C)c1cc(C(C)C)c2c(c1N)C(=O)N(C)C2=O. The molecule has 2 rings (SSSR count). The predicted octanol–water partition coefficient (Wildman–Crippen LogP) is 2.74. The molecule has 0 saturated heterocycles. The van der Waals surface area contributed by atoms with Gasteiger partial charge in [0.15, 0.2) is 0 Å². The van der Waals surface area contributed by atoms with E-state index in [0.29, 0.717) is 16.8 Å². The lowest BCUT2D eigenvalue weighted by Gasteiger charge is -2.17. The smallest absolute Gasteiger partial charge is 0.263 e. The van der Waals surface area contributed by atoms with Crippen LogP contribution in [0.15, 0.2) is 6.07 Å². The molecule has 0 unspecified atom stereocenters. The fourth-order valence-electron chi connectivity index (χ4n) is 2.55. The van der Waals surface area contributed by atoms with Crippen molar-refractivity contribution < 1.29 is 9.59 Å². The number of nitrogen functional groups attached to an aromatic ring is 1. The molecule has 4 nitrogen and oxygen atoms in total. The molecule has 0 spiro atoms. The summed E-state index contributed by atoms with van der Waals surface area (Å²) in [4.78, 5) is 25.6.